The predicted octanol–water partition coefficient (Wildman–Crippen LogP) is 1.56. The second-order valence-electron chi connectivity index (χ2n) is 11.2. The number of Topliss-reactive ketones (excluding diaryl/α,β-unsaturated/α-hetero) is 2. The molecule has 4 rings (SSSR count). The van der Waals surface area contributed by atoms with Gasteiger partial charge in [-0.1, -0.05) is 5.16 Å². The molecule has 0 bridgehead atoms. The first kappa shape index (κ1) is 28.9. The van der Waals surface area contributed by atoms with Crippen molar-refractivity contribution in [3.63, 3.8) is 0 Å². The molecule has 3 aliphatic rings. The zero-order valence-corrected chi connectivity index (χ0v) is 22.3. The molecule has 1 aromatic rings. The molecule has 1 aromatic carbocycles. The number of ketones is 2. The van der Waals surface area contributed by atoms with Gasteiger partial charge < -0.3 is 31.4 Å². The van der Waals surface area contributed by atoms with E-state index in [1.54, 1.807) is 32.0 Å². The summed E-state index contributed by atoms with van der Waals surface area (Å²) in [6.45, 7) is 7.34. The lowest BCUT2D eigenvalue weighted by atomic mass is 9.59. The van der Waals surface area contributed by atoms with Gasteiger partial charge in [0.25, 0.3) is 5.91 Å². The lowest BCUT2D eigenvalue weighted by Gasteiger charge is -2.46. The molecule has 0 spiro atoms. The van der Waals surface area contributed by atoms with E-state index in [0.717, 1.165) is 0 Å². The SMILES string of the molecule is C/C(=N\OC(C)(C)C)c1ccc(O)c2c1C[C@H]1C[C@@H]3C(C(=O)C(C(N)=O)=C(O)[C@H]3N(C)C)C(=O)C1=C2O.O. The number of benzene rings is 1. The molecule has 0 saturated heterocycles. The summed E-state index contributed by atoms with van der Waals surface area (Å²) in [5.41, 5.74) is 6.24. The van der Waals surface area contributed by atoms with E-state index >= 15 is 0 Å². The van der Waals surface area contributed by atoms with E-state index in [9.17, 15) is 29.7 Å². The Morgan fingerprint density at radius 1 is 1.13 bits per heavy atom. The Kier molecular flexibility index (Phi) is 7.50. The van der Waals surface area contributed by atoms with Crippen LogP contribution in [0.15, 0.2) is 34.2 Å². The van der Waals surface area contributed by atoms with Crippen LogP contribution in [0, 0.1) is 17.8 Å². The first-order valence-electron chi connectivity index (χ1n) is 12.1. The summed E-state index contributed by atoms with van der Waals surface area (Å²) in [6.07, 6.45) is 0.570. The van der Waals surface area contributed by atoms with Gasteiger partial charge in [0, 0.05) is 11.1 Å². The highest BCUT2D eigenvalue weighted by Gasteiger charge is 2.55. The number of aromatic hydroxyl groups is 1. The highest BCUT2D eigenvalue weighted by Crippen LogP contribution is 2.50. The standard InChI is InChI=1S/C27H33N3O7.H2O/c1-11(29-37-27(2,3)4)13-7-8-16(31)18-14(13)9-12-10-15-19(23(33)17(12)22(18)32)24(34)20(26(28)36)25(35)21(15)30(5)6;/h7-8,12,15,19,21,31-32,35H,9-10H2,1-6H3,(H2,28,36);1H2/b29-11+;/t12-,15+,19?,21-;/m0./s1. The van der Waals surface area contributed by atoms with E-state index in [-0.39, 0.29) is 35.2 Å². The topological polar surface area (TPSA) is 194 Å². The van der Waals surface area contributed by atoms with Crippen LogP contribution in [0.2, 0.25) is 0 Å². The van der Waals surface area contributed by atoms with Crippen LogP contribution in [0.5, 0.6) is 5.75 Å². The van der Waals surface area contributed by atoms with Gasteiger partial charge in [0.15, 0.2) is 11.6 Å². The first-order valence-corrected chi connectivity index (χ1v) is 12.1. The third-order valence-electron chi connectivity index (χ3n) is 7.29. The molecular weight excluding hydrogens is 494 g/mol. The minimum atomic E-state index is -1.28. The summed E-state index contributed by atoms with van der Waals surface area (Å²) in [7, 11) is 3.36. The lowest BCUT2D eigenvalue weighted by molar-refractivity contribution is -0.136. The number of rotatable bonds is 4. The number of nitrogens with two attached hydrogens (primary N) is 1. The molecule has 7 N–H and O–H groups in total. The van der Waals surface area contributed by atoms with Crippen LogP contribution in [-0.2, 0) is 25.6 Å². The third kappa shape index (κ3) is 4.56. The van der Waals surface area contributed by atoms with Gasteiger partial charge in [-0.25, -0.2) is 0 Å². The number of carbonyl (C=O) groups excluding carboxylic acids is 3. The number of amides is 1. The van der Waals surface area contributed by atoms with Gasteiger partial charge >= 0.3 is 0 Å². The van der Waals surface area contributed by atoms with Gasteiger partial charge in [-0.2, -0.15) is 0 Å². The van der Waals surface area contributed by atoms with Crippen molar-refractivity contribution in [3.05, 3.63) is 45.7 Å². The van der Waals surface area contributed by atoms with E-state index in [0.29, 0.717) is 16.8 Å². The summed E-state index contributed by atoms with van der Waals surface area (Å²) in [6, 6.07) is 2.31. The van der Waals surface area contributed by atoms with E-state index in [4.69, 9.17) is 10.6 Å². The van der Waals surface area contributed by atoms with E-state index in [1.807, 2.05) is 20.8 Å². The Bertz CT molecular complexity index is 1300. The monoisotopic (exact) mass is 529 g/mol. The van der Waals surface area contributed by atoms with Gasteiger partial charge in [-0.05, 0) is 84.2 Å². The highest BCUT2D eigenvalue weighted by molar-refractivity contribution is 6.28. The average Bonchev–Trinajstić information content (AvgIpc) is 2.76. The van der Waals surface area contributed by atoms with Crippen molar-refractivity contribution in [1.82, 2.24) is 4.90 Å². The van der Waals surface area contributed by atoms with Crippen LogP contribution >= 0.6 is 0 Å². The van der Waals surface area contributed by atoms with Gasteiger partial charge in [-0.15, -0.1) is 0 Å². The molecule has 0 heterocycles. The molecule has 0 aromatic heterocycles. The molecule has 11 heteroatoms. The Morgan fingerprint density at radius 2 is 1.76 bits per heavy atom. The van der Waals surface area contributed by atoms with Crippen LogP contribution in [0.1, 0.15) is 50.8 Å². The molecule has 1 unspecified atom stereocenters. The number of allylic oxidation sites excluding steroid dienone is 1. The minimum Gasteiger partial charge on any atom is -0.510 e. The second-order valence-corrected chi connectivity index (χ2v) is 11.2. The fourth-order valence-electron chi connectivity index (χ4n) is 5.86. The van der Waals surface area contributed by atoms with Crippen LogP contribution in [0.4, 0.5) is 0 Å². The molecule has 3 aliphatic carbocycles. The van der Waals surface area contributed by atoms with Crippen molar-refractivity contribution in [2.24, 2.45) is 28.6 Å². The molecule has 1 amide bonds. The zero-order chi connectivity index (χ0) is 27.6. The number of hydrogen-bond acceptors (Lipinski definition) is 9. The highest BCUT2D eigenvalue weighted by atomic mass is 16.6. The maximum absolute atomic E-state index is 13.8. The van der Waals surface area contributed by atoms with Gasteiger partial charge in [0.1, 0.15) is 28.4 Å². The number of carbonyl (C=O) groups is 3. The normalized spacial score (nSPS) is 25.5. The molecular formula is C27H35N3O8. The minimum absolute atomic E-state index is 0. The number of hydrogen-bond donors (Lipinski definition) is 4. The van der Waals surface area contributed by atoms with Crippen molar-refractivity contribution in [1.29, 1.82) is 0 Å². The molecule has 1 saturated carbocycles. The molecule has 38 heavy (non-hydrogen) atoms. The van der Waals surface area contributed by atoms with Crippen LogP contribution in [-0.4, -0.2) is 74.6 Å². The third-order valence-corrected chi connectivity index (χ3v) is 7.29. The summed E-state index contributed by atoms with van der Waals surface area (Å²) < 4.78 is 0. The lowest BCUT2D eigenvalue weighted by Crippen LogP contribution is -2.55. The smallest absolute Gasteiger partial charge is 0.255 e. The largest absolute Gasteiger partial charge is 0.510 e. The second kappa shape index (κ2) is 9.88. The van der Waals surface area contributed by atoms with Crippen molar-refractivity contribution in [2.45, 2.75) is 52.2 Å². The van der Waals surface area contributed by atoms with Crippen molar-refractivity contribution in [3.8, 4) is 5.75 Å². The number of nitrogens with zero attached hydrogens (tertiary/aromatic N) is 2. The van der Waals surface area contributed by atoms with Gasteiger partial charge in [0.05, 0.1) is 23.2 Å². The number of primary amides is 1. The number of aliphatic hydroxyl groups excluding tert-OH is 2. The maximum atomic E-state index is 13.8. The Morgan fingerprint density at radius 3 is 2.32 bits per heavy atom. The molecule has 11 nitrogen and oxygen atoms in total. The summed E-state index contributed by atoms with van der Waals surface area (Å²) in [4.78, 5) is 46.3. The van der Waals surface area contributed by atoms with Crippen LogP contribution < -0.4 is 5.73 Å². The van der Waals surface area contributed by atoms with Crippen LogP contribution in [0.3, 0.4) is 0 Å². The summed E-state index contributed by atoms with van der Waals surface area (Å²) in [5, 5.41) is 37.0. The van der Waals surface area contributed by atoms with E-state index < -0.39 is 64.0 Å². The summed E-state index contributed by atoms with van der Waals surface area (Å²) in [5.74, 6) is -6.03. The number of aliphatic hydroxyl groups is 2. The van der Waals surface area contributed by atoms with Crippen molar-refractivity contribution < 1.29 is 40.0 Å². The van der Waals surface area contributed by atoms with Gasteiger partial charge in [-0.3, -0.25) is 19.3 Å². The maximum Gasteiger partial charge on any atom is 0.255 e. The number of likely N-dealkylation sites (N-methyl/N-ethyl adjacent to an activating group) is 1. The van der Waals surface area contributed by atoms with E-state index in [1.165, 1.54) is 6.07 Å². The average molecular weight is 530 g/mol. The number of oxime groups is 1. The molecule has 4 atom stereocenters. The molecule has 0 aliphatic heterocycles. The number of phenols is 1. The fourth-order valence-corrected chi connectivity index (χ4v) is 5.86. The fraction of sp³-hybridized carbons (Fsp3) is 0.481. The quantitative estimate of drug-likeness (QED) is 0.195. The molecule has 1 fully saturated rings. The molecule has 0 radical (unpaired) electrons. The first-order chi connectivity index (χ1) is 17.2. The number of phenolic OH excluding ortho intramolecular Hbond substituents is 1. The Labute approximate surface area is 220 Å². The van der Waals surface area contributed by atoms with Crippen molar-refractivity contribution in [2.75, 3.05) is 14.1 Å². The van der Waals surface area contributed by atoms with Crippen LogP contribution in [0.25, 0.3) is 5.76 Å². The summed E-state index contributed by atoms with van der Waals surface area (Å²) >= 11 is 0. The van der Waals surface area contributed by atoms with Gasteiger partial charge in [0.2, 0.25) is 0 Å². The predicted molar refractivity (Wildman–Crippen MR) is 139 cm³/mol. The Hall–Kier alpha value is -3.70. The van der Waals surface area contributed by atoms with E-state index in [2.05, 4.69) is 5.16 Å². The Balaban J connectivity index is 0.00000400. The zero-order valence-electron chi connectivity index (χ0n) is 22.3. The number of fused-ring (bicyclic) bond motifs is 3. The molecule has 206 valence electrons. The van der Waals surface area contributed by atoms with Crippen molar-refractivity contribution >= 4 is 28.9 Å².